The summed E-state index contributed by atoms with van der Waals surface area (Å²) in [5.41, 5.74) is 1.79. The summed E-state index contributed by atoms with van der Waals surface area (Å²) in [6.45, 7) is 3.64. The van der Waals surface area contributed by atoms with Gasteiger partial charge in [-0.25, -0.2) is 23.2 Å². The van der Waals surface area contributed by atoms with E-state index in [4.69, 9.17) is 9.47 Å². The largest absolute Gasteiger partial charge is 0.385 e. The molecule has 0 aliphatic carbocycles. The van der Waals surface area contributed by atoms with Crippen LogP contribution in [-0.4, -0.2) is 77.2 Å². The number of hydrogen-bond donors (Lipinski definition) is 2. The van der Waals surface area contributed by atoms with Gasteiger partial charge in [0, 0.05) is 56.9 Å². The van der Waals surface area contributed by atoms with Crippen molar-refractivity contribution in [3.63, 3.8) is 0 Å². The Hall–Kier alpha value is -2.76. The van der Waals surface area contributed by atoms with E-state index in [0.717, 1.165) is 12.0 Å². The molecule has 0 bridgehead atoms. The highest BCUT2D eigenvalue weighted by Gasteiger charge is 2.17. The Bertz CT molecular complexity index is 1010. The van der Waals surface area contributed by atoms with E-state index in [1.54, 1.807) is 37.4 Å². The topological polar surface area (TPSA) is 123 Å². The lowest BCUT2D eigenvalue weighted by Crippen LogP contribution is -2.37. The number of rotatable bonds is 9. The van der Waals surface area contributed by atoms with Crippen LogP contribution in [0.2, 0.25) is 0 Å². The quantitative estimate of drug-likeness (QED) is 0.539. The number of urea groups is 1. The number of nitrogens with zero attached hydrogens (tertiary/aromatic N) is 3. The lowest BCUT2D eigenvalue weighted by Gasteiger charge is -2.28. The van der Waals surface area contributed by atoms with Gasteiger partial charge in [-0.1, -0.05) is 0 Å². The third-order valence-electron chi connectivity index (χ3n) is 4.72. The standard InChI is InChI=1S/C21H29N5O5S/c1-30-11-3-8-22-21(27)24-17-6-4-16(5-7-17)20-23-18(15-32(2,28)29)14-19(25-20)26-9-12-31-13-10-26/h4-7,14H,3,8-13,15H2,1-2H3,(H2,22,24,27). The number of methoxy groups -OCH3 is 1. The SMILES string of the molecule is COCCCNC(=O)Nc1ccc(-c2nc(CS(C)(=O)=O)cc(N3CCOCC3)n2)cc1. The molecule has 10 nitrogen and oxygen atoms in total. The molecule has 2 amide bonds. The van der Waals surface area contributed by atoms with Crippen LogP contribution in [-0.2, 0) is 25.1 Å². The first kappa shape index (κ1) is 23.9. The molecule has 2 aromatic rings. The molecule has 11 heteroatoms. The summed E-state index contributed by atoms with van der Waals surface area (Å²) in [7, 11) is -1.63. The van der Waals surface area contributed by atoms with Crippen molar-refractivity contribution in [2.75, 3.05) is 63.0 Å². The number of sulfone groups is 1. The number of amides is 2. The van der Waals surface area contributed by atoms with Crippen LogP contribution in [0, 0.1) is 0 Å². The van der Waals surface area contributed by atoms with E-state index in [1.165, 1.54) is 6.26 Å². The summed E-state index contributed by atoms with van der Waals surface area (Å²) < 4.78 is 34.1. The third-order valence-corrected chi connectivity index (χ3v) is 5.54. The Morgan fingerprint density at radius 2 is 1.91 bits per heavy atom. The predicted octanol–water partition coefficient (Wildman–Crippen LogP) is 1.68. The fraction of sp³-hybridized carbons (Fsp3) is 0.476. The number of anilines is 2. The van der Waals surface area contributed by atoms with Crippen molar-refractivity contribution in [3.8, 4) is 11.4 Å². The van der Waals surface area contributed by atoms with E-state index in [1.807, 2.05) is 0 Å². The van der Waals surface area contributed by atoms with Gasteiger partial charge in [-0.2, -0.15) is 0 Å². The first-order valence-corrected chi connectivity index (χ1v) is 12.4. The number of carbonyl (C=O) groups excluding carboxylic acids is 1. The third kappa shape index (κ3) is 7.43. The van der Waals surface area contributed by atoms with Crippen LogP contribution in [0.4, 0.5) is 16.3 Å². The van der Waals surface area contributed by atoms with Gasteiger partial charge in [0.2, 0.25) is 0 Å². The predicted molar refractivity (Wildman–Crippen MR) is 123 cm³/mol. The highest BCUT2D eigenvalue weighted by molar-refractivity contribution is 7.89. The molecule has 0 radical (unpaired) electrons. The van der Waals surface area contributed by atoms with Gasteiger partial charge < -0.3 is 25.0 Å². The zero-order chi connectivity index (χ0) is 23.0. The van der Waals surface area contributed by atoms with Crippen molar-refractivity contribution in [2.24, 2.45) is 0 Å². The molecule has 1 fully saturated rings. The number of hydrogen-bond acceptors (Lipinski definition) is 8. The molecule has 0 unspecified atom stereocenters. The minimum atomic E-state index is -3.25. The first-order valence-electron chi connectivity index (χ1n) is 10.4. The molecule has 1 aromatic carbocycles. The highest BCUT2D eigenvalue weighted by atomic mass is 32.2. The molecule has 32 heavy (non-hydrogen) atoms. The molecular weight excluding hydrogens is 434 g/mol. The van der Waals surface area contributed by atoms with Crippen molar-refractivity contribution in [1.82, 2.24) is 15.3 Å². The fourth-order valence-corrected chi connectivity index (χ4v) is 3.89. The zero-order valence-electron chi connectivity index (χ0n) is 18.3. The second-order valence-corrected chi connectivity index (χ2v) is 9.66. The van der Waals surface area contributed by atoms with Crippen molar-refractivity contribution < 1.29 is 22.7 Å². The molecule has 0 atom stereocenters. The van der Waals surface area contributed by atoms with Crippen molar-refractivity contribution in [2.45, 2.75) is 12.2 Å². The number of benzene rings is 1. The Morgan fingerprint density at radius 1 is 1.19 bits per heavy atom. The minimum Gasteiger partial charge on any atom is -0.385 e. The minimum absolute atomic E-state index is 0.164. The fourth-order valence-electron chi connectivity index (χ4n) is 3.21. The average Bonchev–Trinajstić information content (AvgIpc) is 2.76. The van der Waals surface area contributed by atoms with E-state index in [-0.39, 0.29) is 11.8 Å². The van der Waals surface area contributed by atoms with Crippen LogP contribution >= 0.6 is 0 Å². The van der Waals surface area contributed by atoms with Crippen molar-refractivity contribution >= 4 is 27.4 Å². The molecule has 1 aliphatic heterocycles. The van der Waals surface area contributed by atoms with Gasteiger partial charge in [0.25, 0.3) is 0 Å². The number of morpholine rings is 1. The van der Waals surface area contributed by atoms with E-state index in [9.17, 15) is 13.2 Å². The monoisotopic (exact) mass is 463 g/mol. The Morgan fingerprint density at radius 3 is 2.56 bits per heavy atom. The van der Waals surface area contributed by atoms with Crippen molar-refractivity contribution in [1.29, 1.82) is 0 Å². The maximum absolute atomic E-state index is 12.0. The summed E-state index contributed by atoms with van der Waals surface area (Å²) in [6, 6.07) is 8.53. The van der Waals surface area contributed by atoms with E-state index >= 15 is 0 Å². The van der Waals surface area contributed by atoms with Gasteiger partial charge in [0.15, 0.2) is 15.7 Å². The summed E-state index contributed by atoms with van der Waals surface area (Å²) in [5.74, 6) is 0.945. The number of carbonyl (C=O) groups is 1. The van der Waals surface area contributed by atoms with Crippen LogP contribution in [0.25, 0.3) is 11.4 Å². The van der Waals surface area contributed by atoms with Gasteiger partial charge in [-0.15, -0.1) is 0 Å². The number of ether oxygens (including phenoxy) is 2. The molecule has 2 N–H and O–H groups in total. The highest BCUT2D eigenvalue weighted by Crippen LogP contribution is 2.23. The average molecular weight is 464 g/mol. The second kappa shape index (κ2) is 11.2. The number of nitrogens with one attached hydrogen (secondary N) is 2. The summed E-state index contributed by atoms with van der Waals surface area (Å²) in [5, 5.41) is 5.53. The maximum atomic E-state index is 12.0. The molecule has 2 heterocycles. The van der Waals surface area contributed by atoms with Gasteiger partial charge in [-0.3, -0.25) is 0 Å². The Labute approximate surface area is 188 Å². The van der Waals surface area contributed by atoms with E-state index < -0.39 is 9.84 Å². The second-order valence-electron chi connectivity index (χ2n) is 7.52. The Balaban J connectivity index is 1.76. The maximum Gasteiger partial charge on any atom is 0.319 e. The first-order chi connectivity index (χ1) is 15.3. The van der Waals surface area contributed by atoms with Gasteiger partial charge in [-0.05, 0) is 30.7 Å². The van der Waals surface area contributed by atoms with Gasteiger partial charge in [0.05, 0.1) is 24.7 Å². The lowest BCUT2D eigenvalue weighted by atomic mass is 10.2. The van der Waals surface area contributed by atoms with Crippen LogP contribution in [0.15, 0.2) is 30.3 Å². The molecule has 1 saturated heterocycles. The molecule has 0 saturated carbocycles. The lowest BCUT2D eigenvalue weighted by molar-refractivity contribution is 0.122. The van der Waals surface area contributed by atoms with E-state index in [2.05, 4.69) is 25.5 Å². The molecule has 174 valence electrons. The van der Waals surface area contributed by atoms with Crippen LogP contribution in [0.1, 0.15) is 12.1 Å². The molecular formula is C21H29N5O5S. The Kier molecular flexibility index (Phi) is 8.37. The summed E-state index contributed by atoms with van der Waals surface area (Å²) in [4.78, 5) is 23.2. The summed E-state index contributed by atoms with van der Waals surface area (Å²) >= 11 is 0. The molecule has 1 aromatic heterocycles. The smallest absolute Gasteiger partial charge is 0.319 e. The van der Waals surface area contributed by atoms with Gasteiger partial charge in [0.1, 0.15) is 5.82 Å². The van der Waals surface area contributed by atoms with Gasteiger partial charge >= 0.3 is 6.03 Å². The van der Waals surface area contributed by atoms with Crippen LogP contribution in [0.3, 0.4) is 0 Å². The molecule has 0 spiro atoms. The normalized spacial score (nSPS) is 14.2. The van der Waals surface area contributed by atoms with Crippen molar-refractivity contribution in [3.05, 3.63) is 36.0 Å². The van der Waals surface area contributed by atoms with Crippen LogP contribution < -0.4 is 15.5 Å². The summed E-state index contributed by atoms with van der Waals surface area (Å²) in [6.07, 6.45) is 1.92. The number of aromatic nitrogens is 2. The zero-order valence-corrected chi connectivity index (χ0v) is 19.2. The molecule has 3 rings (SSSR count). The molecule has 1 aliphatic rings. The van der Waals surface area contributed by atoms with Crippen LogP contribution in [0.5, 0.6) is 0 Å². The van der Waals surface area contributed by atoms with E-state index in [0.29, 0.717) is 62.5 Å².